The van der Waals surface area contributed by atoms with Crippen molar-refractivity contribution in [1.82, 2.24) is 0 Å². The fourth-order valence-electron chi connectivity index (χ4n) is 0.822. The van der Waals surface area contributed by atoms with Gasteiger partial charge in [0.05, 0.1) is 10.0 Å². The van der Waals surface area contributed by atoms with Gasteiger partial charge in [0.15, 0.2) is 5.82 Å². The molecule has 0 aromatic heterocycles. The third kappa shape index (κ3) is 2.54. The second-order valence-electron chi connectivity index (χ2n) is 2.29. The highest BCUT2D eigenvalue weighted by molar-refractivity contribution is 6.35. The van der Waals surface area contributed by atoms with Gasteiger partial charge >= 0.3 is 0 Å². The van der Waals surface area contributed by atoms with E-state index < -0.39 is 5.82 Å². The molecule has 0 aliphatic carbocycles. The van der Waals surface area contributed by atoms with Crippen molar-refractivity contribution >= 4 is 35.6 Å². The largest absolute Gasteiger partial charge is 0.299 e. The predicted molar refractivity (Wildman–Crippen MR) is 51.5 cm³/mol. The van der Waals surface area contributed by atoms with E-state index in [-0.39, 0.29) is 10.0 Å². The zero-order valence-electron chi connectivity index (χ0n) is 6.43. The smallest absolute Gasteiger partial charge is 0.160 e. The molecule has 0 spiro atoms. The Morgan fingerprint density at radius 2 is 1.77 bits per heavy atom. The lowest BCUT2D eigenvalue weighted by atomic mass is 10.2. The Hall–Kier alpha value is -0.860. The Balaban J connectivity index is 3.12. The molecule has 68 valence electrons. The van der Waals surface area contributed by atoms with Crippen LogP contribution in [0.15, 0.2) is 18.2 Å². The molecule has 1 aromatic rings. The van der Waals surface area contributed by atoms with Gasteiger partial charge in [-0.05, 0) is 23.8 Å². The summed E-state index contributed by atoms with van der Waals surface area (Å²) >= 11 is 11.0. The molecule has 0 unspecified atom stereocenters. The molecule has 1 aromatic carbocycles. The molecular formula is C9H5Cl2FO. The van der Waals surface area contributed by atoms with Gasteiger partial charge in [-0.25, -0.2) is 4.39 Å². The second kappa shape index (κ2) is 4.40. The normalized spacial score (nSPS) is 10.7. The summed E-state index contributed by atoms with van der Waals surface area (Å²) in [5.74, 6) is -0.647. The van der Waals surface area contributed by atoms with Crippen LogP contribution in [0.5, 0.6) is 0 Å². The van der Waals surface area contributed by atoms with Crippen LogP contribution in [0.25, 0.3) is 6.08 Å². The quantitative estimate of drug-likeness (QED) is 0.423. The summed E-state index contributed by atoms with van der Waals surface area (Å²) in [6, 6.07) is 2.78. The minimum Gasteiger partial charge on any atom is -0.299 e. The maximum Gasteiger partial charge on any atom is 0.160 e. The van der Waals surface area contributed by atoms with E-state index in [4.69, 9.17) is 23.2 Å². The summed E-state index contributed by atoms with van der Waals surface area (Å²) in [5, 5.41) is -0.115. The van der Waals surface area contributed by atoms with Crippen molar-refractivity contribution in [2.45, 2.75) is 0 Å². The molecule has 0 fully saturated rings. The highest BCUT2D eigenvalue weighted by Gasteiger charge is 2.05. The zero-order valence-corrected chi connectivity index (χ0v) is 7.94. The van der Waals surface area contributed by atoms with E-state index in [1.807, 2.05) is 0 Å². The van der Waals surface area contributed by atoms with Crippen molar-refractivity contribution in [3.63, 3.8) is 0 Å². The lowest BCUT2D eigenvalue weighted by molar-refractivity contribution is -0.104. The van der Waals surface area contributed by atoms with Gasteiger partial charge in [-0.2, -0.15) is 0 Å². The van der Waals surface area contributed by atoms with E-state index in [1.54, 1.807) is 0 Å². The molecule has 0 bridgehead atoms. The number of aldehydes is 1. The summed E-state index contributed by atoms with van der Waals surface area (Å²) < 4.78 is 12.9. The Labute approximate surface area is 84.8 Å². The van der Waals surface area contributed by atoms with Gasteiger partial charge in [0.1, 0.15) is 6.29 Å². The van der Waals surface area contributed by atoms with Crippen molar-refractivity contribution in [2.75, 3.05) is 0 Å². The number of hydrogen-bond acceptors (Lipinski definition) is 1. The van der Waals surface area contributed by atoms with E-state index in [9.17, 15) is 9.18 Å². The molecule has 4 heteroatoms. The fourth-order valence-corrected chi connectivity index (χ4v) is 1.33. The summed E-state index contributed by atoms with van der Waals surface area (Å²) in [6.45, 7) is 0. The van der Waals surface area contributed by atoms with Crippen LogP contribution in [0.1, 0.15) is 5.56 Å². The molecule has 1 nitrogen and oxygen atoms in total. The first-order chi connectivity index (χ1) is 6.15. The van der Waals surface area contributed by atoms with E-state index in [1.165, 1.54) is 24.3 Å². The molecule has 0 amide bonds. The van der Waals surface area contributed by atoms with E-state index in [0.29, 0.717) is 11.8 Å². The van der Waals surface area contributed by atoms with Gasteiger partial charge in [-0.3, -0.25) is 4.79 Å². The first-order valence-electron chi connectivity index (χ1n) is 3.41. The molecular weight excluding hydrogens is 214 g/mol. The Kier molecular flexibility index (Phi) is 3.46. The van der Waals surface area contributed by atoms with Gasteiger partial charge in [0.25, 0.3) is 0 Å². The lowest BCUT2D eigenvalue weighted by Gasteiger charge is -1.99. The van der Waals surface area contributed by atoms with Crippen LogP contribution in [0, 0.1) is 5.82 Å². The van der Waals surface area contributed by atoms with Gasteiger partial charge in [0.2, 0.25) is 0 Å². The number of hydrogen-bond donors (Lipinski definition) is 0. The molecule has 1 rings (SSSR count). The minimum absolute atomic E-state index is 0.0574. The predicted octanol–water partition coefficient (Wildman–Crippen LogP) is 3.34. The molecule has 0 radical (unpaired) electrons. The number of carbonyl (C=O) groups is 1. The molecule has 0 saturated heterocycles. The number of benzene rings is 1. The van der Waals surface area contributed by atoms with Crippen LogP contribution in [0.3, 0.4) is 0 Å². The zero-order chi connectivity index (χ0) is 9.84. The number of rotatable bonds is 2. The van der Waals surface area contributed by atoms with Crippen LogP contribution < -0.4 is 0 Å². The first-order valence-corrected chi connectivity index (χ1v) is 4.17. The van der Waals surface area contributed by atoms with Crippen LogP contribution >= 0.6 is 23.2 Å². The lowest BCUT2D eigenvalue weighted by Crippen LogP contribution is -1.81. The van der Waals surface area contributed by atoms with Crippen LogP contribution in [-0.4, -0.2) is 6.29 Å². The van der Waals surface area contributed by atoms with Gasteiger partial charge in [0, 0.05) is 0 Å². The SMILES string of the molecule is O=CC=Cc1cc(Cl)c(F)c(Cl)c1. The monoisotopic (exact) mass is 218 g/mol. The third-order valence-electron chi connectivity index (χ3n) is 1.37. The van der Waals surface area contributed by atoms with Gasteiger partial charge in [-0.1, -0.05) is 29.3 Å². The van der Waals surface area contributed by atoms with E-state index in [0.717, 1.165) is 0 Å². The number of allylic oxidation sites excluding steroid dienone is 1. The molecule has 13 heavy (non-hydrogen) atoms. The fraction of sp³-hybridized carbons (Fsp3) is 0. The number of halogens is 3. The molecule has 0 atom stereocenters. The minimum atomic E-state index is -0.647. The Morgan fingerprint density at radius 1 is 1.23 bits per heavy atom. The van der Waals surface area contributed by atoms with Gasteiger partial charge < -0.3 is 0 Å². The van der Waals surface area contributed by atoms with Crippen molar-refractivity contribution in [3.8, 4) is 0 Å². The van der Waals surface area contributed by atoms with Gasteiger partial charge in [-0.15, -0.1) is 0 Å². The van der Waals surface area contributed by atoms with Crippen molar-refractivity contribution < 1.29 is 9.18 Å². The molecule has 0 N–H and O–H groups in total. The summed E-state index contributed by atoms with van der Waals surface area (Å²) in [4.78, 5) is 9.99. The van der Waals surface area contributed by atoms with Crippen LogP contribution in [0.4, 0.5) is 4.39 Å². The number of carbonyl (C=O) groups excluding carboxylic acids is 1. The molecule has 0 saturated carbocycles. The average molecular weight is 219 g/mol. The highest BCUT2D eigenvalue weighted by Crippen LogP contribution is 2.25. The van der Waals surface area contributed by atoms with Crippen molar-refractivity contribution in [1.29, 1.82) is 0 Å². The van der Waals surface area contributed by atoms with E-state index >= 15 is 0 Å². The summed E-state index contributed by atoms with van der Waals surface area (Å²) in [5.41, 5.74) is 0.587. The average Bonchev–Trinajstić information content (AvgIpc) is 2.10. The summed E-state index contributed by atoms with van der Waals surface area (Å²) in [6.07, 6.45) is 3.38. The van der Waals surface area contributed by atoms with Crippen LogP contribution in [0.2, 0.25) is 10.0 Å². The summed E-state index contributed by atoms with van der Waals surface area (Å²) in [7, 11) is 0. The maximum atomic E-state index is 12.9. The topological polar surface area (TPSA) is 17.1 Å². The molecule has 0 aliphatic rings. The highest BCUT2D eigenvalue weighted by atomic mass is 35.5. The third-order valence-corrected chi connectivity index (χ3v) is 1.92. The molecule has 0 heterocycles. The second-order valence-corrected chi connectivity index (χ2v) is 3.11. The van der Waals surface area contributed by atoms with Crippen LogP contribution in [-0.2, 0) is 4.79 Å². The first kappa shape index (κ1) is 10.2. The van der Waals surface area contributed by atoms with E-state index in [2.05, 4.69) is 0 Å². The van der Waals surface area contributed by atoms with Crippen molar-refractivity contribution in [2.24, 2.45) is 0 Å². The Morgan fingerprint density at radius 3 is 2.23 bits per heavy atom. The molecule has 0 aliphatic heterocycles. The maximum absolute atomic E-state index is 12.9. The van der Waals surface area contributed by atoms with Crippen molar-refractivity contribution in [3.05, 3.63) is 39.6 Å². The standard InChI is InChI=1S/C9H5Cl2FO/c10-7-4-6(2-1-3-13)5-8(11)9(7)12/h1-5H. The Bertz CT molecular complexity index is 338.